The molecule has 23 heavy (non-hydrogen) atoms. The fourth-order valence-corrected chi connectivity index (χ4v) is 3.74. The highest BCUT2D eigenvalue weighted by Crippen LogP contribution is 2.28. The number of rotatable bonds is 5. The first-order chi connectivity index (χ1) is 10.9. The first kappa shape index (κ1) is 17.7. The van der Waals surface area contributed by atoms with E-state index in [0.717, 1.165) is 19.3 Å². The Bertz CT molecular complexity index is 496. The number of carbonyl (C=O) groups is 2. The molecule has 1 aliphatic heterocycles. The van der Waals surface area contributed by atoms with Crippen LogP contribution in [0.3, 0.4) is 0 Å². The van der Waals surface area contributed by atoms with Crippen LogP contribution in [0.25, 0.3) is 0 Å². The molecule has 2 rings (SSSR count). The van der Waals surface area contributed by atoms with E-state index in [1.807, 2.05) is 4.90 Å². The number of piperidine rings is 1. The van der Waals surface area contributed by atoms with Crippen LogP contribution >= 0.6 is 0 Å². The minimum Gasteiger partial charge on any atom is -0.388 e. The van der Waals surface area contributed by atoms with E-state index in [4.69, 9.17) is 5.73 Å². The number of hydrogen-bond acceptors (Lipinski definition) is 5. The van der Waals surface area contributed by atoms with Crippen LogP contribution in [0.4, 0.5) is 0 Å². The van der Waals surface area contributed by atoms with Crippen LogP contribution in [0.5, 0.6) is 0 Å². The molecule has 0 radical (unpaired) electrons. The summed E-state index contributed by atoms with van der Waals surface area (Å²) in [6.45, 7) is 1.07. The maximum absolute atomic E-state index is 12.3. The average molecular weight is 322 g/mol. The van der Waals surface area contributed by atoms with Crippen molar-refractivity contribution >= 4 is 11.8 Å². The lowest BCUT2D eigenvalue weighted by atomic mass is 9.83. The molecule has 1 aliphatic carbocycles. The number of likely N-dealkylation sites (tertiary alicyclic amines) is 1. The topological polar surface area (TPSA) is 119 Å². The highest BCUT2D eigenvalue weighted by Gasteiger charge is 2.37. The van der Waals surface area contributed by atoms with Gasteiger partial charge in [-0.15, -0.1) is 0 Å². The monoisotopic (exact) mass is 322 g/mol. The SMILES string of the molecule is N#CC1(NC(=O)CN2CCCC(O)(CC(N)=O)C2)CCCCC1. The van der Waals surface area contributed by atoms with Crippen molar-refractivity contribution in [2.75, 3.05) is 19.6 Å². The highest BCUT2D eigenvalue weighted by atomic mass is 16.3. The van der Waals surface area contributed by atoms with Gasteiger partial charge in [0.25, 0.3) is 0 Å². The smallest absolute Gasteiger partial charge is 0.235 e. The zero-order valence-electron chi connectivity index (χ0n) is 13.5. The first-order valence-electron chi connectivity index (χ1n) is 8.32. The summed E-state index contributed by atoms with van der Waals surface area (Å²) >= 11 is 0. The Balaban J connectivity index is 1.89. The Morgan fingerprint density at radius 1 is 1.22 bits per heavy atom. The number of hydrogen-bond donors (Lipinski definition) is 3. The normalized spacial score (nSPS) is 27.8. The number of nitrogens with zero attached hydrogens (tertiary/aromatic N) is 2. The van der Waals surface area contributed by atoms with Crippen molar-refractivity contribution in [3.63, 3.8) is 0 Å². The maximum Gasteiger partial charge on any atom is 0.235 e. The third-order valence-corrected chi connectivity index (χ3v) is 4.80. The van der Waals surface area contributed by atoms with Gasteiger partial charge in [0.05, 0.1) is 24.6 Å². The molecule has 4 N–H and O–H groups in total. The van der Waals surface area contributed by atoms with Crippen LogP contribution in [0.2, 0.25) is 0 Å². The molecule has 2 aliphatic rings. The molecule has 0 aromatic heterocycles. The summed E-state index contributed by atoms with van der Waals surface area (Å²) in [7, 11) is 0. The molecule has 1 unspecified atom stereocenters. The number of nitrogens with two attached hydrogens (primary N) is 1. The number of carbonyl (C=O) groups excluding carboxylic acids is 2. The van der Waals surface area contributed by atoms with E-state index in [-0.39, 0.29) is 25.4 Å². The molecule has 2 fully saturated rings. The van der Waals surface area contributed by atoms with Crippen LogP contribution in [-0.2, 0) is 9.59 Å². The van der Waals surface area contributed by atoms with Gasteiger partial charge in [0, 0.05) is 6.54 Å². The highest BCUT2D eigenvalue weighted by molar-refractivity contribution is 5.79. The fraction of sp³-hybridized carbons (Fsp3) is 0.812. The van der Waals surface area contributed by atoms with E-state index in [9.17, 15) is 20.0 Å². The van der Waals surface area contributed by atoms with Gasteiger partial charge >= 0.3 is 0 Å². The lowest BCUT2D eigenvalue weighted by Crippen LogP contribution is -2.55. The molecular formula is C16H26N4O3. The summed E-state index contributed by atoms with van der Waals surface area (Å²) < 4.78 is 0. The molecule has 1 atom stereocenters. The predicted molar refractivity (Wildman–Crippen MR) is 84.0 cm³/mol. The second-order valence-corrected chi connectivity index (χ2v) is 6.98. The Morgan fingerprint density at radius 2 is 1.91 bits per heavy atom. The second-order valence-electron chi connectivity index (χ2n) is 6.98. The summed E-state index contributed by atoms with van der Waals surface area (Å²) in [5.41, 5.74) is 3.29. The summed E-state index contributed by atoms with van der Waals surface area (Å²) in [5, 5.41) is 22.7. The number of aliphatic hydroxyl groups is 1. The predicted octanol–water partition coefficient (Wildman–Crippen LogP) is 0.0314. The van der Waals surface area contributed by atoms with Gasteiger partial charge < -0.3 is 16.2 Å². The summed E-state index contributed by atoms with van der Waals surface area (Å²) in [4.78, 5) is 25.2. The second kappa shape index (κ2) is 7.28. The number of primary amides is 1. The third kappa shape index (κ3) is 4.91. The van der Waals surface area contributed by atoms with Crippen molar-refractivity contribution in [1.82, 2.24) is 10.2 Å². The molecule has 1 heterocycles. The van der Waals surface area contributed by atoms with Crippen LogP contribution in [-0.4, -0.2) is 52.6 Å². The molecule has 0 aromatic rings. The Morgan fingerprint density at radius 3 is 2.52 bits per heavy atom. The maximum atomic E-state index is 12.3. The molecular weight excluding hydrogens is 296 g/mol. The number of β-amino-alcohol motifs (C(OH)–C–C–N with tert-alkyl or cyclic N) is 1. The summed E-state index contributed by atoms with van der Waals surface area (Å²) in [6.07, 6.45) is 5.53. The van der Waals surface area contributed by atoms with Crippen molar-refractivity contribution in [3.05, 3.63) is 0 Å². The van der Waals surface area contributed by atoms with Gasteiger partial charge in [0.15, 0.2) is 0 Å². The zero-order chi connectivity index (χ0) is 16.9. The Labute approximate surface area is 136 Å². The van der Waals surface area contributed by atoms with Crippen molar-refractivity contribution in [1.29, 1.82) is 5.26 Å². The van der Waals surface area contributed by atoms with Gasteiger partial charge in [-0.25, -0.2) is 0 Å². The first-order valence-corrected chi connectivity index (χ1v) is 8.32. The molecule has 1 saturated heterocycles. The summed E-state index contributed by atoms with van der Waals surface area (Å²) in [5.74, 6) is -0.735. The fourth-order valence-electron chi connectivity index (χ4n) is 3.74. The molecule has 0 aromatic carbocycles. The lowest BCUT2D eigenvalue weighted by Gasteiger charge is -2.39. The van der Waals surface area contributed by atoms with Gasteiger partial charge in [0.2, 0.25) is 11.8 Å². The third-order valence-electron chi connectivity index (χ3n) is 4.80. The van der Waals surface area contributed by atoms with Crippen molar-refractivity contribution in [3.8, 4) is 6.07 Å². The standard InChI is InChI=1S/C16H26N4O3/c17-11-15(5-2-1-3-6-15)19-14(22)10-20-8-4-7-16(23,12-20)9-13(18)21/h23H,1-10,12H2,(H2,18,21)(H,19,22). The average Bonchev–Trinajstić information content (AvgIpc) is 2.46. The number of nitrogens with one attached hydrogen (secondary N) is 1. The Hall–Kier alpha value is -1.65. The van der Waals surface area contributed by atoms with E-state index < -0.39 is 17.0 Å². The minimum absolute atomic E-state index is 0.0900. The van der Waals surface area contributed by atoms with Crippen molar-refractivity contribution < 1.29 is 14.7 Å². The largest absolute Gasteiger partial charge is 0.388 e. The quantitative estimate of drug-likeness (QED) is 0.660. The van der Waals surface area contributed by atoms with E-state index in [1.54, 1.807) is 0 Å². The molecule has 2 amide bonds. The van der Waals surface area contributed by atoms with E-state index in [0.29, 0.717) is 32.2 Å². The van der Waals surface area contributed by atoms with Crippen LogP contribution < -0.4 is 11.1 Å². The Kier molecular flexibility index (Phi) is 5.60. The van der Waals surface area contributed by atoms with Gasteiger partial charge in [-0.3, -0.25) is 14.5 Å². The zero-order valence-corrected chi connectivity index (χ0v) is 13.5. The van der Waals surface area contributed by atoms with Gasteiger partial charge in [-0.2, -0.15) is 5.26 Å². The van der Waals surface area contributed by atoms with E-state index in [1.165, 1.54) is 0 Å². The van der Waals surface area contributed by atoms with Gasteiger partial charge in [-0.1, -0.05) is 19.3 Å². The van der Waals surface area contributed by atoms with Crippen LogP contribution in [0, 0.1) is 11.3 Å². The molecule has 7 nitrogen and oxygen atoms in total. The molecule has 0 spiro atoms. The lowest BCUT2D eigenvalue weighted by molar-refractivity contribution is -0.128. The molecule has 128 valence electrons. The minimum atomic E-state index is -1.15. The van der Waals surface area contributed by atoms with E-state index in [2.05, 4.69) is 11.4 Å². The number of amides is 2. The van der Waals surface area contributed by atoms with Crippen LogP contribution in [0.1, 0.15) is 51.4 Å². The molecule has 0 bridgehead atoms. The van der Waals surface area contributed by atoms with Gasteiger partial charge in [-0.05, 0) is 32.2 Å². The van der Waals surface area contributed by atoms with E-state index >= 15 is 0 Å². The van der Waals surface area contributed by atoms with Crippen LogP contribution in [0.15, 0.2) is 0 Å². The van der Waals surface area contributed by atoms with Crippen molar-refractivity contribution in [2.24, 2.45) is 5.73 Å². The van der Waals surface area contributed by atoms with Crippen molar-refractivity contribution in [2.45, 2.75) is 62.5 Å². The molecule has 1 saturated carbocycles. The van der Waals surface area contributed by atoms with Gasteiger partial charge in [0.1, 0.15) is 5.54 Å². The summed E-state index contributed by atoms with van der Waals surface area (Å²) in [6, 6.07) is 2.27. The number of nitriles is 1. The molecule has 7 heteroatoms.